The quantitative estimate of drug-likeness (QED) is 0.0672. The fourth-order valence-electron chi connectivity index (χ4n) is 11.6. The van der Waals surface area contributed by atoms with Crippen molar-refractivity contribution in [3.05, 3.63) is 86.5 Å². The molecular weight excluding hydrogens is 1180 g/mol. The highest BCUT2D eigenvalue weighted by atomic mass is 16.6. The van der Waals surface area contributed by atoms with Gasteiger partial charge in [0, 0.05) is 68.1 Å². The van der Waals surface area contributed by atoms with E-state index in [1.165, 1.54) is 0 Å². The molecule has 0 saturated carbocycles. The molecule has 0 radical (unpaired) electrons. The van der Waals surface area contributed by atoms with Gasteiger partial charge in [-0.05, 0) is 30.3 Å². The molecule has 32 nitrogen and oxygen atoms in total. The van der Waals surface area contributed by atoms with Gasteiger partial charge in [0.25, 0.3) is 0 Å². The predicted octanol–water partition coefficient (Wildman–Crippen LogP) is 2.98. The summed E-state index contributed by atoms with van der Waals surface area (Å²) in [5.41, 5.74) is -18.0. The number of rotatable bonds is 2. The van der Waals surface area contributed by atoms with Crippen LogP contribution in [0.25, 0.3) is 33.4 Å². The van der Waals surface area contributed by atoms with Gasteiger partial charge in [-0.2, -0.15) is 0 Å². The number of cyclic esters (lactones) is 1. The van der Waals surface area contributed by atoms with Crippen LogP contribution in [0, 0.1) is 0 Å². The maximum Gasteiger partial charge on any atom is 0.340 e. The predicted molar refractivity (Wildman–Crippen MR) is 277 cm³/mol. The number of esters is 5. The van der Waals surface area contributed by atoms with Gasteiger partial charge in [0.05, 0.1) is 39.8 Å². The third-order valence-electron chi connectivity index (χ3n) is 15.6. The zero-order chi connectivity index (χ0) is 63.6. The molecule has 88 heavy (non-hydrogen) atoms. The monoisotopic (exact) mass is 1220 g/mol. The number of phenolic OH excluding ortho intramolecular Hbond substituents is 20. The van der Waals surface area contributed by atoms with Gasteiger partial charge in [0.2, 0.25) is 28.7 Å². The van der Waals surface area contributed by atoms with Crippen LogP contribution in [0.4, 0.5) is 0 Å². The van der Waals surface area contributed by atoms with Gasteiger partial charge in [-0.3, -0.25) is 0 Å². The fourth-order valence-corrected chi connectivity index (χ4v) is 11.6. The third kappa shape index (κ3) is 7.70. The van der Waals surface area contributed by atoms with E-state index in [4.69, 9.17) is 28.4 Å². The maximum absolute atomic E-state index is 15.9. The van der Waals surface area contributed by atoms with E-state index in [1.807, 2.05) is 0 Å². The number of carbonyl (C=O) groups is 5. The minimum absolute atomic E-state index is 0.276. The van der Waals surface area contributed by atoms with Gasteiger partial charge >= 0.3 is 29.8 Å². The first-order valence-electron chi connectivity index (χ1n) is 25.1. The number of hydrogen-bond donors (Lipinski definition) is 21. The zero-order valence-corrected chi connectivity index (χ0v) is 43.3. The van der Waals surface area contributed by atoms with E-state index in [2.05, 4.69) is 0 Å². The summed E-state index contributed by atoms with van der Waals surface area (Å²) in [4.78, 5) is 76.2. The van der Waals surface area contributed by atoms with Crippen molar-refractivity contribution in [3.63, 3.8) is 0 Å². The van der Waals surface area contributed by atoms with Crippen molar-refractivity contribution in [1.82, 2.24) is 0 Å². The highest BCUT2D eigenvalue weighted by Crippen LogP contribution is 2.65. The number of aliphatic hydroxyl groups excluding tert-OH is 1. The van der Waals surface area contributed by atoms with Crippen LogP contribution in [-0.2, 0) is 30.1 Å². The average molecular weight is 1220 g/mol. The summed E-state index contributed by atoms with van der Waals surface area (Å²) in [5.74, 6) is -42.8. The van der Waals surface area contributed by atoms with E-state index in [9.17, 15) is 112 Å². The Hall–Kier alpha value is -12.4. The van der Waals surface area contributed by atoms with Crippen molar-refractivity contribution in [2.24, 2.45) is 0 Å². The summed E-state index contributed by atoms with van der Waals surface area (Å²) >= 11 is 0. The van der Waals surface area contributed by atoms with E-state index < -0.39 is 284 Å². The van der Waals surface area contributed by atoms with Crippen molar-refractivity contribution in [3.8, 4) is 154 Å². The highest BCUT2D eigenvalue weighted by molar-refractivity contribution is 6.17. The Morgan fingerprint density at radius 1 is 0.330 bits per heavy atom. The second-order valence-corrected chi connectivity index (χ2v) is 20.4. The van der Waals surface area contributed by atoms with Crippen molar-refractivity contribution in [1.29, 1.82) is 0 Å². The van der Waals surface area contributed by atoms with Crippen LogP contribution in [-0.4, -0.2) is 174 Å². The van der Waals surface area contributed by atoms with Gasteiger partial charge in [-0.25, -0.2) is 24.0 Å². The van der Waals surface area contributed by atoms with E-state index in [0.29, 0.717) is 12.1 Å². The average Bonchev–Trinajstić information content (AvgIpc) is 0.868. The van der Waals surface area contributed by atoms with Crippen LogP contribution in [0.5, 0.6) is 121 Å². The summed E-state index contributed by atoms with van der Waals surface area (Å²) in [6, 6.07) is 3.05. The molecule has 0 spiro atoms. The Morgan fingerprint density at radius 3 is 1.30 bits per heavy atom. The number of aliphatic hydroxyl groups is 1. The van der Waals surface area contributed by atoms with Crippen LogP contribution in [0.15, 0.2) is 36.4 Å². The summed E-state index contributed by atoms with van der Waals surface area (Å²) in [6.07, 6.45) is -16.2. The second kappa shape index (κ2) is 19.1. The highest BCUT2D eigenvalue weighted by Gasteiger charge is 2.58. The molecular formula is C56H38O32. The van der Waals surface area contributed by atoms with E-state index in [-0.39, 0.29) is 17.7 Å². The first-order valence-corrected chi connectivity index (χ1v) is 25.1. The lowest BCUT2D eigenvalue weighted by Gasteiger charge is -2.43. The van der Waals surface area contributed by atoms with Crippen LogP contribution >= 0.6 is 0 Å². The van der Waals surface area contributed by atoms with Crippen LogP contribution in [0.3, 0.4) is 0 Å². The molecule has 7 aromatic carbocycles. The van der Waals surface area contributed by atoms with Crippen molar-refractivity contribution < 1.29 is 160 Å². The lowest BCUT2D eigenvalue weighted by atomic mass is 9.73. The fraction of sp³-hybridized carbons (Fsp3) is 0.161. The molecule has 21 N–H and O–H groups in total. The Labute approximate surface area is 484 Å². The Morgan fingerprint density at radius 2 is 0.750 bits per heavy atom. The standard InChI is InChI=1S/C56H38O32/c57-14-7-15(58)26(48-10(14)3-21(64)47(85-48)9-1-16(59)34(65)17(60)2-9)31-30-33-29(43(74)46(77)44(30)75)28-32-27(41(72)45(76)42(28)73)25-13(6-20(63)37(68)40(25)71)53(79)84-22-8-83-52(78)11-4-18(61)35(66)38(69)23(11)24-12(5-19(62)36(67)39(24)70)54(80)86-49(22)51(88-56(32)82)50(31)87-55(33)81/h1-2,4-7,21-22,31,47,49-51,57-77H,3,8H2/t21-,22+,31+,47+,49+,50-,51-/m0/s1. The third-order valence-corrected chi connectivity index (χ3v) is 15.6. The Kier molecular flexibility index (Phi) is 12.2. The van der Waals surface area contributed by atoms with Crippen molar-refractivity contribution >= 4 is 29.8 Å². The molecule has 6 heterocycles. The molecule has 6 aliphatic rings. The number of benzene rings is 7. The van der Waals surface area contributed by atoms with E-state index in [0.717, 1.165) is 12.1 Å². The smallest absolute Gasteiger partial charge is 0.340 e. The minimum Gasteiger partial charge on any atom is -0.507 e. The normalized spacial score (nSPS) is 20.8. The summed E-state index contributed by atoms with van der Waals surface area (Å²) in [5, 5.41) is 238. The van der Waals surface area contributed by atoms with Gasteiger partial charge in [-0.1, -0.05) is 0 Å². The summed E-state index contributed by atoms with van der Waals surface area (Å²) in [7, 11) is 0. The number of aromatic hydroxyl groups is 20. The molecule has 0 unspecified atom stereocenters. The van der Waals surface area contributed by atoms with E-state index in [1.54, 1.807) is 0 Å². The molecule has 6 bridgehead atoms. The Bertz CT molecular complexity index is 4390. The van der Waals surface area contributed by atoms with Crippen molar-refractivity contribution in [2.75, 3.05) is 6.61 Å². The maximum atomic E-state index is 15.9. The molecule has 0 amide bonds. The Balaban J connectivity index is 1.24. The van der Waals surface area contributed by atoms with Crippen LogP contribution in [0.2, 0.25) is 0 Å². The minimum atomic E-state index is -3.05. The summed E-state index contributed by atoms with van der Waals surface area (Å²) < 4.78 is 35.7. The van der Waals surface area contributed by atoms with Crippen LogP contribution < -0.4 is 4.74 Å². The zero-order valence-electron chi connectivity index (χ0n) is 43.3. The van der Waals surface area contributed by atoms with Crippen LogP contribution in [0.1, 0.15) is 86.1 Å². The van der Waals surface area contributed by atoms with Gasteiger partial charge in [-0.15, -0.1) is 0 Å². The first kappa shape index (κ1) is 56.1. The molecule has 13 rings (SSSR count). The first-order chi connectivity index (χ1) is 41.5. The van der Waals surface area contributed by atoms with Gasteiger partial charge in [0.1, 0.15) is 23.9 Å². The molecule has 0 fully saturated rings. The van der Waals surface area contributed by atoms with Gasteiger partial charge < -0.3 is 136 Å². The largest absolute Gasteiger partial charge is 0.507 e. The lowest BCUT2D eigenvalue weighted by molar-refractivity contribution is -0.135. The topological polar surface area (TPSA) is 566 Å². The number of fused-ring (bicyclic) bond motifs is 8. The molecule has 32 heteroatoms. The van der Waals surface area contributed by atoms with Gasteiger partial charge in [0.15, 0.2) is 105 Å². The molecule has 7 atom stereocenters. The number of hydrogen-bond acceptors (Lipinski definition) is 32. The lowest BCUT2D eigenvalue weighted by Crippen LogP contribution is -2.56. The number of carbonyl (C=O) groups excluding carboxylic acids is 5. The number of ether oxygens (including phenoxy) is 6. The molecule has 6 aliphatic heterocycles. The molecule has 7 aromatic rings. The number of phenols is 20. The molecule has 0 aliphatic carbocycles. The van der Waals surface area contributed by atoms with E-state index >= 15 is 19.2 Å². The molecule has 454 valence electrons. The molecule has 0 aromatic heterocycles. The van der Waals surface area contributed by atoms with Crippen molar-refractivity contribution in [2.45, 2.75) is 49.0 Å². The SMILES string of the molecule is O=C1OC[C@H]2OC(=O)c3cc(O)c(O)c(O)c3-c3c(O)c(O)c(O)c4c3C(=O)O[C@H]([C@H]3OC(=O)c5c-4c(O)c(O)c(O)c5[C@H]3c3c(O)cc(O)c4c3O[C@H](c3cc(O)c(O)c(O)c3)[C@@H](O)C4)[C@@H]2OC(=O)c2cc(O)c(O)c(O)c2-c2c1cc(O)c(O)c2O. The molecule has 0 saturated heterocycles. The second-order valence-electron chi connectivity index (χ2n) is 20.4. The summed E-state index contributed by atoms with van der Waals surface area (Å²) in [6.45, 7) is -1.66.